The van der Waals surface area contributed by atoms with Gasteiger partial charge in [0, 0.05) is 11.6 Å². The molecule has 1 aliphatic rings. The Balaban J connectivity index is 1.60. The number of hydrogen-bond donors (Lipinski definition) is 2. The molecule has 1 aromatic carbocycles. The van der Waals surface area contributed by atoms with Crippen LogP contribution in [0, 0.1) is 0 Å². The summed E-state index contributed by atoms with van der Waals surface area (Å²) in [7, 11) is -2.99. The number of anilines is 2. The molecule has 2 aromatic rings. The molecule has 0 saturated carbocycles. The smallest absolute Gasteiger partial charge is 0.380 e. The van der Waals surface area contributed by atoms with Crippen molar-refractivity contribution in [1.82, 2.24) is 4.98 Å². The van der Waals surface area contributed by atoms with Gasteiger partial charge < -0.3 is 10.6 Å². The fourth-order valence-electron chi connectivity index (χ4n) is 2.70. The number of nitrogens with zero attached hydrogens (tertiary/aromatic N) is 1. The van der Waals surface area contributed by atoms with Crippen LogP contribution in [0.1, 0.15) is 22.3 Å². The maximum Gasteiger partial charge on any atom is 0.416 e. The second-order valence-corrected chi connectivity index (χ2v) is 8.43. The van der Waals surface area contributed by atoms with Crippen molar-refractivity contribution < 1.29 is 26.4 Å². The molecule has 1 amide bonds. The van der Waals surface area contributed by atoms with E-state index in [1.54, 1.807) is 6.07 Å². The Bertz CT molecular complexity index is 927. The third kappa shape index (κ3) is 4.97. The Kier molecular flexibility index (Phi) is 5.09. The highest BCUT2D eigenvalue weighted by atomic mass is 32.2. The normalized spacial score (nSPS) is 18.9. The van der Waals surface area contributed by atoms with Crippen LogP contribution in [0.5, 0.6) is 0 Å². The highest BCUT2D eigenvalue weighted by molar-refractivity contribution is 7.91. The van der Waals surface area contributed by atoms with E-state index in [-0.39, 0.29) is 28.9 Å². The summed E-state index contributed by atoms with van der Waals surface area (Å²) in [5, 5.41) is 5.56. The van der Waals surface area contributed by atoms with Gasteiger partial charge in [-0.1, -0.05) is 0 Å². The molecule has 2 N–H and O–H groups in total. The average molecular weight is 399 g/mol. The molecule has 1 saturated heterocycles. The summed E-state index contributed by atoms with van der Waals surface area (Å²) in [6, 6.07) is 6.84. The van der Waals surface area contributed by atoms with Gasteiger partial charge in [-0.2, -0.15) is 13.2 Å². The van der Waals surface area contributed by atoms with E-state index in [4.69, 9.17) is 0 Å². The molecule has 0 radical (unpaired) electrons. The SMILES string of the molecule is O=C(Nc1ccc(NC2CCS(=O)(=O)C2)cn1)c1ccc(C(F)(F)F)cc1. The van der Waals surface area contributed by atoms with Crippen LogP contribution in [0.4, 0.5) is 24.7 Å². The lowest BCUT2D eigenvalue weighted by Gasteiger charge is -2.12. The van der Waals surface area contributed by atoms with Crippen LogP contribution in [0.15, 0.2) is 42.6 Å². The first-order chi connectivity index (χ1) is 12.6. The first-order valence-corrected chi connectivity index (χ1v) is 9.86. The van der Waals surface area contributed by atoms with Crippen molar-refractivity contribution in [3.8, 4) is 0 Å². The number of alkyl halides is 3. The number of carbonyl (C=O) groups excluding carboxylic acids is 1. The Morgan fingerprint density at radius 3 is 2.33 bits per heavy atom. The van der Waals surface area contributed by atoms with E-state index in [2.05, 4.69) is 15.6 Å². The highest BCUT2D eigenvalue weighted by Gasteiger charge is 2.30. The second kappa shape index (κ2) is 7.18. The van der Waals surface area contributed by atoms with Gasteiger partial charge >= 0.3 is 6.18 Å². The maximum atomic E-state index is 12.5. The Hall–Kier alpha value is -2.62. The predicted molar refractivity (Wildman–Crippen MR) is 94.3 cm³/mol. The number of hydrogen-bond acceptors (Lipinski definition) is 5. The minimum Gasteiger partial charge on any atom is -0.380 e. The first kappa shape index (κ1) is 19.2. The van der Waals surface area contributed by atoms with Crippen LogP contribution in [-0.4, -0.2) is 36.9 Å². The van der Waals surface area contributed by atoms with E-state index in [1.807, 2.05) is 0 Å². The molecule has 3 rings (SSSR count). The van der Waals surface area contributed by atoms with Gasteiger partial charge in [0.05, 0.1) is 29.0 Å². The van der Waals surface area contributed by atoms with Gasteiger partial charge in [0.25, 0.3) is 5.91 Å². The van der Waals surface area contributed by atoms with E-state index in [0.29, 0.717) is 12.1 Å². The molecular weight excluding hydrogens is 383 g/mol. The lowest BCUT2D eigenvalue weighted by atomic mass is 10.1. The van der Waals surface area contributed by atoms with Crippen LogP contribution < -0.4 is 10.6 Å². The lowest BCUT2D eigenvalue weighted by molar-refractivity contribution is -0.137. The zero-order chi connectivity index (χ0) is 19.7. The van der Waals surface area contributed by atoms with Gasteiger partial charge in [0.1, 0.15) is 5.82 Å². The molecular formula is C17H16F3N3O3S. The summed E-state index contributed by atoms with van der Waals surface area (Å²) in [6.07, 6.45) is -2.49. The minimum atomic E-state index is -4.46. The molecule has 0 bridgehead atoms. The van der Waals surface area contributed by atoms with Crippen LogP contribution in [0.2, 0.25) is 0 Å². The highest BCUT2D eigenvalue weighted by Crippen LogP contribution is 2.29. The summed E-state index contributed by atoms with van der Waals surface area (Å²) < 4.78 is 60.5. The molecule has 1 atom stereocenters. The second-order valence-electron chi connectivity index (χ2n) is 6.21. The van der Waals surface area contributed by atoms with Crippen LogP contribution in [-0.2, 0) is 16.0 Å². The number of benzene rings is 1. The van der Waals surface area contributed by atoms with Gasteiger partial charge in [-0.05, 0) is 42.8 Å². The van der Waals surface area contributed by atoms with E-state index in [9.17, 15) is 26.4 Å². The van der Waals surface area contributed by atoms with Gasteiger partial charge in [0.2, 0.25) is 0 Å². The molecule has 1 fully saturated rings. The van der Waals surface area contributed by atoms with Crippen molar-refractivity contribution >= 4 is 27.2 Å². The van der Waals surface area contributed by atoms with Crippen LogP contribution in [0.25, 0.3) is 0 Å². The summed E-state index contributed by atoms with van der Waals surface area (Å²) in [6.45, 7) is 0. The molecule has 1 aliphatic heterocycles. The molecule has 2 heterocycles. The number of nitrogens with one attached hydrogen (secondary N) is 2. The molecule has 1 unspecified atom stereocenters. The standard InChI is InChI=1S/C17H16F3N3O3S/c18-17(19,20)12-3-1-11(2-4-12)16(24)23-15-6-5-13(9-21-15)22-14-7-8-27(25,26)10-14/h1-6,9,14,22H,7-8,10H2,(H,21,23,24). The number of carbonyl (C=O) groups is 1. The summed E-state index contributed by atoms with van der Waals surface area (Å²) in [5.41, 5.74) is -0.144. The monoisotopic (exact) mass is 399 g/mol. The van der Waals surface area contributed by atoms with Gasteiger partial charge in [-0.3, -0.25) is 4.79 Å². The number of halogens is 3. The Morgan fingerprint density at radius 1 is 1.11 bits per heavy atom. The number of pyridine rings is 1. The number of amides is 1. The quantitative estimate of drug-likeness (QED) is 0.825. The van der Waals surface area contributed by atoms with Crippen LogP contribution >= 0.6 is 0 Å². The molecule has 1 aromatic heterocycles. The summed E-state index contributed by atoms with van der Waals surface area (Å²) in [5.74, 6) is -0.137. The Labute approximate surface area is 153 Å². The molecule has 0 spiro atoms. The third-order valence-corrected chi connectivity index (χ3v) is 5.85. The van der Waals surface area contributed by atoms with Crippen molar-refractivity contribution in [3.63, 3.8) is 0 Å². The van der Waals surface area contributed by atoms with Crippen molar-refractivity contribution in [2.75, 3.05) is 22.1 Å². The predicted octanol–water partition coefficient (Wildman–Crippen LogP) is 2.95. The number of sulfone groups is 1. The van der Waals surface area contributed by atoms with Gasteiger partial charge in [-0.25, -0.2) is 13.4 Å². The fraction of sp³-hybridized carbons (Fsp3) is 0.294. The third-order valence-electron chi connectivity index (χ3n) is 4.08. The van der Waals surface area contributed by atoms with E-state index >= 15 is 0 Å². The van der Waals surface area contributed by atoms with Crippen molar-refractivity contribution in [1.29, 1.82) is 0 Å². The van der Waals surface area contributed by atoms with E-state index < -0.39 is 27.5 Å². The zero-order valence-corrected chi connectivity index (χ0v) is 14.8. The molecule has 6 nitrogen and oxygen atoms in total. The maximum absolute atomic E-state index is 12.5. The first-order valence-electron chi connectivity index (χ1n) is 8.04. The summed E-state index contributed by atoms with van der Waals surface area (Å²) in [4.78, 5) is 16.2. The van der Waals surface area contributed by atoms with Crippen molar-refractivity contribution in [2.45, 2.75) is 18.6 Å². The average Bonchev–Trinajstić information content (AvgIpc) is 2.94. The van der Waals surface area contributed by atoms with Crippen molar-refractivity contribution in [2.24, 2.45) is 0 Å². The molecule has 10 heteroatoms. The number of aromatic nitrogens is 1. The zero-order valence-electron chi connectivity index (χ0n) is 14.0. The summed E-state index contributed by atoms with van der Waals surface area (Å²) >= 11 is 0. The van der Waals surface area contributed by atoms with Gasteiger partial charge in [0.15, 0.2) is 9.84 Å². The van der Waals surface area contributed by atoms with E-state index in [1.165, 1.54) is 12.3 Å². The molecule has 0 aliphatic carbocycles. The molecule has 144 valence electrons. The number of rotatable bonds is 4. The van der Waals surface area contributed by atoms with Crippen molar-refractivity contribution in [3.05, 3.63) is 53.7 Å². The topological polar surface area (TPSA) is 88.2 Å². The van der Waals surface area contributed by atoms with Crippen LogP contribution in [0.3, 0.4) is 0 Å². The fourth-order valence-corrected chi connectivity index (χ4v) is 4.37. The molecule has 27 heavy (non-hydrogen) atoms. The lowest BCUT2D eigenvalue weighted by Crippen LogP contribution is -2.20. The van der Waals surface area contributed by atoms with Gasteiger partial charge in [-0.15, -0.1) is 0 Å². The Morgan fingerprint density at radius 2 is 1.81 bits per heavy atom. The van der Waals surface area contributed by atoms with E-state index in [0.717, 1.165) is 24.3 Å². The minimum absolute atomic E-state index is 0.0689. The largest absolute Gasteiger partial charge is 0.416 e.